The summed E-state index contributed by atoms with van der Waals surface area (Å²) < 4.78 is 33.2. The first-order valence-corrected chi connectivity index (χ1v) is 12.7. The molecule has 0 saturated carbocycles. The summed E-state index contributed by atoms with van der Waals surface area (Å²) >= 11 is 0. The Morgan fingerprint density at radius 3 is 2.52 bits per heavy atom. The SMILES string of the molecule is Cl.Cl.Cl.Cn1c(N2CCO[C@@H](c3ccc(OCCCN4CCOCC4)cc3)C2)nc(-c2ccncc2F)cc1=O. The summed E-state index contributed by atoms with van der Waals surface area (Å²) in [5, 5.41) is 0. The number of anilines is 1. The Morgan fingerprint density at radius 1 is 1.05 bits per heavy atom. The van der Waals surface area contributed by atoms with Gasteiger partial charge in [-0.15, -0.1) is 37.2 Å². The Labute approximate surface area is 251 Å². The number of hydrogen-bond acceptors (Lipinski definition) is 8. The summed E-state index contributed by atoms with van der Waals surface area (Å²) in [6.45, 7) is 6.84. The van der Waals surface area contributed by atoms with E-state index in [9.17, 15) is 9.18 Å². The molecule has 40 heavy (non-hydrogen) atoms. The van der Waals surface area contributed by atoms with Gasteiger partial charge in [-0.25, -0.2) is 9.37 Å². The van der Waals surface area contributed by atoms with Crippen LogP contribution < -0.4 is 15.2 Å². The van der Waals surface area contributed by atoms with Crippen molar-refractivity contribution in [3.63, 3.8) is 0 Å². The molecule has 5 rings (SSSR count). The number of nitrogens with zero attached hydrogens (tertiary/aromatic N) is 5. The minimum atomic E-state index is -0.516. The number of halogens is 4. The van der Waals surface area contributed by atoms with Crippen LogP contribution in [-0.4, -0.2) is 78.6 Å². The van der Waals surface area contributed by atoms with Gasteiger partial charge in [0.05, 0.1) is 44.9 Å². The number of morpholine rings is 2. The second kappa shape index (κ2) is 16.1. The Kier molecular flexibility index (Phi) is 13.6. The van der Waals surface area contributed by atoms with Gasteiger partial charge in [-0.1, -0.05) is 12.1 Å². The van der Waals surface area contributed by atoms with E-state index in [4.69, 9.17) is 14.2 Å². The summed E-state index contributed by atoms with van der Waals surface area (Å²) in [5.74, 6) is 0.791. The molecule has 0 amide bonds. The molecule has 2 saturated heterocycles. The van der Waals surface area contributed by atoms with E-state index < -0.39 is 5.82 Å². The lowest BCUT2D eigenvalue weighted by Crippen LogP contribution is -2.41. The molecule has 0 spiro atoms. The van der Waals surface area contributed by atoms with Crippen LogP contribution in [-0.2, 0) is 16.5 Å². The second-order valence-corrected chi connectivity index (χ2v) is 9.22. The van der Waals surface area contributed by atoms with Crippen molar-refractivity contribution in [1.29, 1.82) is 0 Å². The van der Waals surface area contributed by atoms with E-state index in [1.54, 1.807) is 7.05 Å². The highest BCUT2D eigenvalue weighted by atomic mass is 35.5. The van der Waals surface area contributed by atoms with Gasteiger partial charge in [-0.05, 0) is 30.2 Å². The highest BCUT2D eigenvalue weighted by Crippen LogP contribution is 2.28. The maximum Gasteiger partial charge on any atom is 0.255 e. The molecule has 9 nitrogen and oxygen atoms in total. The quantitative estimate of drug-likeness (QED) is 0.352. The molecule has 2 fully saturated rings. The zero-order valence-electron chi connectivity index (χ0n) is 22.2. The highest BCUT2D eigenvalue weighted by Gasteiger charge is 2.25. The maximum atomic E-state index is 14.3. The Bertz CT molecular complexity index is 1260. The Hall–Kier alpha value is -2.47. The molecule has 1 atom stereocenters. The van der Waals surface area contributed by atoms with Crippen molar-refractivity contribution in [2.45, 2.75) is 12.5 Å². The molecule has 2 aliphatic rings. The second-order valence-electron chi connectivity index (χ2n) is 9.22. The molecule has 2 aromatic heterocycles. The van der Waals surface area contributed by atoms with Gasteiger partial charge in [0.2, 0.25) is 5.95 Å². The van der Waals surface area contributed by atoms with Crippen molar-refractivity contribution in [1.82, 2.24) is 19.4 Å². The van der Waals surface area contributed by atoms with Crippen LogP contribution in [0.25, 0.3) is 11.3 Å². The third-order valence-corrected chi connectivity index (χ3v) is 6.75. The van der Waals surface area contributed by atoms with E-state index in [1.807, 2.05) is 29.2 Å². The van der Waals surface area contributed by atoms with E-state index in [0.717, 1.165) is 56.8 Å². The fraction of sp³-hybridized carbons (Fsp3) is 0.444. The van der Waals surface area contributed by atoms with Crippen molar-refractivity contribution >= 4 is 43.2 Å². The molecule has 1 aromatic carbocycles. The van der Waals surface area contributed by atoms with Crippen LogP contribution in [0.5, 0.6) is 5.75 Å². The monoisotopic (exact) mass is 617 g/mol. The first-order chi connectivity index (χ1) is 18.1. The Balaban J connectivity index is 0.00000187. The average molecular weight is 619 g/mol. The number of hydrogen-bond donors (Lipinski definition) is 0. The zero-order chi connectivity index (χ0) is 25.6. The largest absolute Gasteiger partial charge is 0.494 e. The fourth-order valence-electron chi connectivity index (χ4n) is 4.65. The predicted octanol–water partition coefficient (Wildman–Crippen LogP) is 3.93. The van der Waals surface area contributed by atoms with Gasteiger partial charge in [-0.2, -0.15) is 0 Å². The normalized spacial score (nSPS) is 17.2. The predicted molar refractivity (Wildman–Crippen MR) is 159 cm³/mol. The van der Waals surface area contributed by atoms with Crippen LogP contribution in [0.15, 0.2) is 53.6 Å². The lowest BCUT2D eigenvalue weighted by Gasteiger charge is -2.34. The standard InChI is InChI=1S/C27H32FN5O4.3ClH/c1-31-26(34)17-24(22-7-8-29-18-23(22)28)30-27(31)33-12-16-37-25(19-33)20-3-5-21(6-4-20)36-13-2-9-32-10-14-35-15-11-32;;;/h3-8,17-18,25H,2,9-16,19H2,1H3;3*1H/t25-;;;/m1.../s1. The molecule has 0 radical (unpaired) electrons. The molecule has 13 heteroatoms. The lowest BCUT2D eigenvalue weighted by molar-refractivity contribution is 0.0357. The number of rotatable bonds is 8. The first-order valence-electron chi connectivity index (χ1n) is 12.7. The van der Waals surface area contributed by atoms with E-state index in [1.165, 1.54) is 22.9 Å². The molecule has 3 aromatic rings. The van der Waals surface area contributed by atoms with Gasteiger partial charge >= 0.3 is 0 Å². The smallest absolute Gasteiger partial charge is 0.255 e. The van der Waals surface area contributed by atoms with Crippen molar-refractivity contribution in [2.24, 2.45) is 7.05 Å². The molecule has 0 N–H and O–H groups in total. The summed E-state index contributed by atoms with van der Waals surface area (Å²) in [5.41, 5.74) is 1.30. The molecule has 220 valence electrons. The number of benzene rings is 1. The third kappa shape index (κ3) is 8.28. The molecule has 4 heterocycles. The molecule has 2 aliphatic heterocycles. The van der Waals surface area contributed by atoms with Gasteiger partial charge in [0.1, 0.15) is 11.9 Å². The van der Waals surface area contributed by atoms with Crippen LogP contribution in [0.2, 0.25) is 0 Å². The zero-order valence-corrected chi connectivity index (χ0v) is 24.7. The fourth-order valence-corrected chi connectivity index (χ4v) is 4.65. The molecule has 0 unspecified atom stereocenters. The first kappa shape index (κ1) is 33.7. The van der Waals surface area contributed by atoms with Gasteiger partial charge in [-0.3, -0.25) is 19.2 Å². The van der Waals surface area contributed by atoms with Crippen LogP contribution >= 0.6 is 37.2 Å². The van der Waals surface area contributed by atoms with E-state index >= 15 is 0 Å². The summed E-state index contributed by atoms with van der Waals surface area (Å²) in [7, 11) is 1.67. The summed E-state index contributed by atoms with van der Waals surface area (Å²) in [4.78, 5) is 25.5. The number of pyridine rings is 1. The highest BCUT2D eigenvalue weighted by molar-refractivity contribution is 5.86. The summed E-state index contributed by atoms with van der Waals surface area (Å²) in [6, 6.07) is 10.8. The number of aromatic nitrogens is 3. The van der Waals surface area contributed by atoms with Crippen LogP contribution in [0.1, 0.15) is 18.1 Å². The minimum Gasteiger partial charge on any atom is -0.494 e. The average Bonchev–Trinajstić information content (AvgIpc) is 2.94. The minimum absolute atomic E-state index is 0. The van der Waals surface area contributed by atoms with E-state index in [0.29, 0.717) is 32.3 Å². The topological polar surface area (TPSA) is 81.9 Å². The van der Waals surface area contributed by atoms with Crippen LogP contribution in [0.4, 0.5) is 10.3 Å². The van der Waals surface area contributed by atoms with Crippen LogP contribution in [0.3, 0.4) is 0 Å². The number of ether oxygens (including phenoxy) is 3. The van der Waals surface area contributed by atoms with Crippen molar-refractivity contribution in [3.05, 3.63) is 70.5 Å². The lowest BCUT2D eigenvalue weighted by atomic mass is 10.1. The van der Waals surface area contributed by atoms with Gasteiger partial charge in [0.15, 0.2) is 5.82 Å². The molecule has 0 aliphatic carbocycles. The van der Waals surface area contributed by atoms with Gasteiger partial charge < -0.3 is 19.1 Å². The van der Waals surface area contributed by atoms with E-state index in [2.05, 4.69) is 14.9 Å². The van der Waals surface area contributed by atoms with Crippen LogP contribution in [0, 0.1) is 5.82 Å². The molecule has 0 bridgehead atoms. The third-order valence-electron chi connectivity index (χ3n) is 6.75. The molecular formula is C27H35Cl3FN5O4. The molecular weight excluding hydrogens is 584 g/mol. The van der Waals surface area contributed by atoms with Crippen molar-refractivity contribution in [3.8, 4) is 17.0 Å². The van der Waals surface area contributed by atoms with Gasteiger partial charge in [0, 0.05) is 51.1 Å². The van der Waals surface area contributed by atoms with E-state index in [-0.39, 0.29) is 60.1 Å². The Morgan fingerprint density at radius 2 is 1.80 bits per heavy atom. The summed E-state index contributed by atoms with van der Waals surface area (Å²) in [6.07, 6.45) is 3.38. The maximum absolute atomic E-state index is 14.3. The van der Waals surface area contributed by atoms with Crippen molar-refractivity contribution in [2.75, 3.05) is 64.1 Å². The van der Waals surface area contributed by atoms with Crippen molar-refractivity contribution < 1.29 is 18.6 Å². The van der Waals surface area contributed by atoms with Gasteiger partial charge in [0.25, 0.3) is 5.56 Å².